The number of nitrogens with zero attached hydrogens (tertiary/aromatic N) is 5. The van der Waals surface area contributed by atoms with Crippen LogP contribution in [0, 0.1) is 0 Å². The first-order valence-corrected chi connectivity index (χ1v) is 10.0. The zero-order chi connectivity index (χ0) is 21.6. The minimum Gasteiger partial charge on any atom is -0.326 e. The number of nitrogens with one attached hydrogen (secondary N) is 1. The first-order chi connectivity index (χ1) is 14.2. The summed E-state index contributed by atoms with van der Waals surface area (Å²) in [5.74, 6) is 0.915. The van der Waals surface area contributed by atoms with E-state index >= 15 is 0 Å². The number of rotatable bonds is 4. The number of anilines is 1. The first kappa shape index (κ1) is 20.2. The second-order valence-electron chi connectivity index (χ2n) is 6.60. The van der Waals surface area contributed by atoms with Crippen LogP contribution in [0.5, 0.6) is 0 Å². The van der Waals surface area contributed by atoms with E-state index in [4.69, 9.17) is 0 Å². The molecule has 4 aromatic rings. The Labute approximate surface area is 173 Å². The van der Waals surface area contributed by atoms with Crippen molar-refractivity contribution in [3.05, 3.63) is 36.0 Å². The summed E-state index contributed by atoms with van der Waals surface area (Å²) in [6, 6.07) is 6.36. The number of halogens is 3. The monoisotopic (exact) mass is 434 g/mol. The van der Waals surface area contributed by atoms with Crippen molar-refractivity contribution in [2.75, 3.05) is 11.1 Å². The summed E-state index contributed by atoms with van der Waals surface area (Å²) in [7, 11) is 1.68. The second kappa shape index (κ2) is 7.31. The molecule has 4 rings (SSSR count). The molecule has 0 fully saturated rings. The van der Waals surface area contributed by atoms with Gasteiger partial charge in [-0.3, -0.25) is 9.36 Å². The smallest absolute Gasteiger partial charge is 0.326 e. The van der Waals surface area contributed by atoms with Crippen molar-refractivity contribution < 1.29 is 18.0 Å². The van der Waals surface area contributed by atoms with Gasteiger partial charge in [-0.1, -0.05) is 6.92 Å². The number of thioether (sulfide) groups is 1. The van der Waals surface area contributed by atoms with Crippen LogP contribution in [0.4, 0.5) is 18.9 Å². The van der Waals surface area contributed by atoms with Crippen LogP contribution in [-0.4, -0.2) is 36.0 Å². The molecule has 0 saturated carbocycles. The van der Waals surface area contributed by atoms with Crippen LogP contribution in [0.15, 0.2) is 35.5 Å². The number of fused-ring (bicyclic) bond motifs is 2. The summed E-state index contributed by atoms with van der Waals surface area (Å²) in [5, 5.41) is 8.98. The number of carbonyl (C=O) groups excluding carboxylic acids is 1. The van der Waals surface area contributed by atoms with Gasteiger partial charge in [0.2, 0.25) is 11.9 Å². The Morgan fingerprint density at radius 2 is 2.00 bits per heavy atom. The van der Waals surface area contributed by atoms with Gasteiger partial charge in [0, 0.05) is 31.2 Å². The fraction of sp³-hybridized carbons (Fsp3) is 0.263. The van der Waals surface area contributed by atoms with Gasteiger partial charge in [-0.2, -0.15) is 23.0 Å². The number of amides is 1. The molecule has 0 atom stereocenters. The largest absolute Gasteiger partial charge is 0.417 e. The zero-order valence-corrected chi connectivity index (χ0v) is 17.1. The molecular formula is C19H17F3N6OS. The number of imidazole rings is 1. The molecule has 156 valence electrons. The SMILES string of the molecule is CCSc1c2ccc(NC(C)=O)cc2nn1-c1nc2cc(C(F)(F)F)cnc2n1C. The topological polar surface area (TPSA) is 77.6 Å². The van der Waals surface area contributed by atoms with Gasteiger partial charge < -0.3 is 5.32 Å². The zero-order valence-electron chi connectivity index (χ0n) is 16.3. The van der Waals surface area contributed by atoms with E-state index in [0.717, 1.165) is 28.4 Å². The lowest BCUT2D eigenvalue weighted by Crippen LogP contribution is -2.07. The van der Waals surface area contributed by atoms with Crippen LogP contribution in [-0.2, 0) is 18.0 Å². The number of hydrogen-bond acceptors (Lipinski definition) is 5. The Morgan fingerprint density at radius 3 is 2.67 bits per heavy atom. The van der Waals surface area contributed by atoms with E-state index in [1.54, 1.807) is 28.4 Å². The average molecular weight is 434 g/mol. The highest BCUT2D eigenvalue weighted by atomic mass is 32.2. The van der Waals surface area contributed by atoms with Crippen LogP contribution in [0.1, 0.15) is 19.4 Å². The van der Waals surface area contributed by atoms with Crippen molar-refractivity contribution in [1.82, 2.24) is 24.3 Å². The lowest BCUT2D eigenvalue weighted by molar-refractivity contribution is -0.137. The molecule has 0 saturated heterocycles. The normalized spacial score (nSPS) is 12.1. The minimum absolute atomic E-state index is 0.133. The lowest BCUT2D eigenvalue weighted by atomic mass is 10.2. The van der Waals surface area contributed by atoms with Gasteiger partial charge in [-0.15, -0.1) is 11.8 Å². The molecule has 3 aromatic heterocycles. The number of aromatic nitrogens is 5. The summed E-state index contributed by atoms with van der Waals surface area (Å²) in [6.07, 6.45) is -3.70. The van der Waals surface area contributed by atoms with Gasteiger partial charge in [0.1, 0.15) is 10.5 Å². The fourth-order valence-corrected chi connectivity index (χ4v) is 4.01. The molecule has 7 nitrogen and oxygen atoms in total. The Hall–Kier alpha value is -3.08. The molecule has 30 heavy (non-hydrogen) atoms. The number of alkyl halides is 3. The third-order valence-corrected chi connectivity index (χ3v) is 5.39. The van der Waals surface area contributed by atoms with E-state index in [2.05, 4.69) is 20.4 Å². The molecule has 0 aliphatic rings. The standard InChI is InChI=1S/C19H17F3N6OS/c1-4-30-17-13-6-5-12(24-10(2)29)8-14(13)26-28(17)18-25-15-7-11(19(20,21)22)9-23-16(15)27(18)3/h5-9H,4H2,1-3H3,(H,24,29). The molecule has 0 unspecified atom stereocenters. The van der Waals surface area contributed by atoms with Crippen molar-refractivity contribution in [2.24, 2.45) is 7.05 Å². The van der Waals surface area contributed by atoms with Crippen LogP contribution in [0.3, 0.4) is 0 Å². The van der Waals surface area contributed by atoms with Crippen LogP contribution in [0.25, 0.3) is 28.0 Å². The Kier molecular flexibility index (Phi) is 4.92. The number of aryl methyl sites for hydroxylation is 1. The van der Waals surface area contributed by atoms with Crippen molar-refractivity contribution in [2.45, 2.75) is 25.0 Å². The van der Waals surface area contributed by atoms with E-state index in [-0.39, 0.29) is 11.4 Å². The third kappa shape index (κ3) is 3.49. The summed E-state index contributed by atoms with van der Waals surface area (Å²) in [6.45, 7) is 3.41. The van der Waals surface area contributed by atoms with E-state index in [9.17, 15) is 18.0 Å². The highest BCUT2D eigenvalue weighted by molar-refractivity contribution is 7.99. The van der Waals surface area contributed by atoms with E-state index in [1.807, 2.05) is 13.0 Å². The molecule has 3 heterocycles. The molecule has 0 aliphatic carbocycles. The molecule has 0 spiro atoms. The van der Waals surface area contributed by atoms with E-state index in [0.29, 0.717) is 22.8 Å². The molecule has 0 aliphatic heterocycles. The summed E-state index contributed by atoms with van der Waals surface area (Å²) in [4.78, 5) is 19.7. The van der Waals surface area contributed by atoms with Gasteiger partial charge >= 0.3 is 6.18 Å². The predicted molar refractivity (Wildman–Crippen MR) is 109 cm³/mol. The fourth-order valence-electron chi connectivity index (χ4n) is 3.16. The molecule has 1 aromatic carbocycles. The van der Waals surface area contributed by atoms with E-state index in [1.165, 1.54) is 18.7 Å². The predicted octanol–water partition coefficient (Wildman–Crippen LogP) is 4.40. The highest BCUT2D eigenvalue weighted by Gasteiger charge is 2.32. The van der Waals surface area contributed by atoms with Crippen molar-refractivity contribution in [3.8, 4) is 5.95 Å². The van der Waals surface area contributed by atoms with Gasteiger partial charge in [0.05, 0.1) is 11.1 Å². The van der Waals surface area contributed by atoms with E-state index < -0.39 is 11.7 Å². The van der Waals surface area contributed by atoms with Crippen molar-refractivity contribution in [3.63, 3.8) is 0 Å². The second-order valence-corrected chi connectivity index (χ2v) is 7.85. The maximum Gasteiger partial charge on any atom is 0.417 e. The molecule has 1 N–H and O–H groups in total. The summed E-state index contributed by atoms with van der Waals surface area (Å²) < 4.78 is 42.4. The Morgan fingerprint density at radius 1 is 1.23 bits per heavy atom. The van der Waals surface area contributed by atoms with Crippen LogP contribution >= 0.6 is 11.8 Å². The van der Waals surface area contributed by atoms with Crippen LogP contribution in [0.2, 0.25) is 0 Å². The third-order valence-electron chi connectivity index (χ3n) is 4.43. The first-order valence-electron chi connectivity index (χ1n) is 9.02. The maximum atomic E-state index is 13.1. The van der Waals surface area contributed by atoms with Gasteiger partial charge in [0.25, 0.3) is 0 Å². The number of benzene rings is 1. The van der Waals surface area contributed by atoms with Crippen LogP contribution < -0.4 is 5.32 Å². The molecule has 1 amide bonds. The Balaban J connectivity index is 1.90. The lowest BCUT2D eigenvalue weighted by Gasteiger charge is -2.06. The number of pyridine rings is 1. The average Bonchev–Trinajstić information content (AvgIpc) is 3.18. The van der Waals surface area contributed by atoms with Gasteiger partial charge in [-0.25, -0.2) is 9.97 Å². The van der Waals surface area contributed by atoms with Crippen molar-refractivity contribution in [1.29, 1.82) is 0 Å². The quantitative estimate of drug-likeness (QED) is 0.482. The van der Waals surface area contributed by atoms with Crippen molar-refractivity contribution >= 4 is 45.4 Å². The minimum atomic E-state index is -4.50. The molecule has 11 heteroatoms. The number of hydrogen-bond donors (Lipinski definition) is 1. The molecular weight excluding hydrogens is 417 g/mol. The van der Waals surface area contributed by atoms with Gasteiger partial charge in [-0.05, 0) is 30.0 Å². The van der Waals surface area contributed by atoms with Gasteiger partial charge in [0.15, 0.2) is 5.65 Å². The molecule has 0 radical (unpaired) electrons. The summed E-state index contributed by atoms with van der Waals surface area (Å²) in [5.41, 5.74) is 0.841. The summed E-state index contributed by atoms with van der Waals surface area (Å²) >= 11 is 1.54. The molecule has 0 bridgehead atoms. The Bertz CT molecular complexity index is 1280. The maximum absolute atomic E-state index is 13.1. The highest BCUT2D eigenvalue weighted by Crippen LogP contribution is 2.34. The number of carbonyl (C=O) groups is 1.